The monoisotopic (exact) mass is 1020 g/mol. The van der Waals surface area contributed by atoms with Crippen LogP contribution in [0.2, 0.25) is 0 Å². The number of ether oxygens (including phenoxy) is 6. The molecule has 0 amide bonds. The van der Waals surface area contributed by atoms with E-state index in [1.165, 1.54) is 29.2 Å². The molecule has 0 heterocycles. The topological polar surface area (TPSA) is 129 Å². The Labute approximate surface area is 439 Å². The Morgan fingerprint density at radius 3 is 1.88 bits per heavy atom. The van der Waals surface area contributed by atoms with Gasteiger partial charge in [-0.15, -0.1) is 0 Å². The zero-order chi connectivity index (χ0) is 52.9. The average Bonchev–Trinajstić information content (AvgIpc) is 3.37. The lowest BCUT2D eigenvalue weighted by Gasteiger charge is -2.33. The largest absolute Gasteiger partial charge is 0.493 e. The van der Waals surface area contributed by atoms with E-state index in [0.717, 1.165) is 49.3 Å². The van der Waals surface area contributed by atoms with Crippen LogP contribution >= 0.6 is 11.8 Å². The van der Waals surface area contributed by atoms with Gasteiger partial charge in [0.05, 0.1) is 39.7 Å². The number of hydrogen-bond acceptors (Lipinski definition) is 13. The molecular weight excluding hydrogens is 937 g/mol. The summed E-state index contributed by atoms with van der Waals surface area (Å²) in [5.41, 5.74) is 10.0. The standard InChI is InChI=1S/C60H80N4O8S/c1-41(27-49-19-15-13-17-43(49)3)36-62-54-34-58(56(68-10)32-52(54)45(5)65)71-38-47-29-48(31-51(30-47)64(40-60(7,8)73-12)23-26-70-25-22-61-21-24-67-9)39-72-59-35-55(53(46(6)66)33-57(59)69-11)63-37-42(2)28-50-20-16-14-18-44(50)4/h13-20,29-36,41-42,61,63H,21-28,37-40H2,1-12H3/t41?,42-/m0/s1. The Balaban J connectivity index is 1.47. The number of aryl methyl sites for hydroxylation is 2. The van der Waals surface area contributed by atoms with E-state index in [2.05, 4.69) is 124 Å². The van der Waals surface area contributed by atoms with Crippen molar-refractivity contribution >= 4 is 46.6 Å². The highest BCUT2D eigenvalue weighted by Gasteiger charge is 2.23. The molecule has 0 aliphatic heterocycles. The fraction of sp³-hybridized carbons (Fsp3) is 0.450. The van der Waals surface area contributed by atoms with E-state index in [9.17, 15) is 9.59 Å². The van der Waals surface area contributed by atoms with Crippen LogP contribution in [0.25, 0.3) is 0 Å². The number of rotatable bonds is 32. The lowest BCUT2D eigenvalue weighted by Crippen LogP contribution is -2.39. The number of thioether (sulfide) groups is 1. The van der Waals surface area contributed by atoms with E-state index in [-0.39, 0.29) is 35.4 Å². The van der Waals surface area contributed by atoms with Crippen LogP contribution in [0.4, 0.5) is 17.1 Å². The molecule has 0 aromatic heterocycles. The number of anilines is 2. The number of carbonyl (C=O) groups excluding carboxylic acids is 2. The molecule has 2 N–H and O–H groups in total. The summed E-state index contributed by atoms with van der Waals surface area (Å²) in [6.45, 7) is 21.8. The van der Waals surface area contributed by atoms with E-state index in [4.69, 9.17) is 33.4 Å². The van der Waals surface area contributed by atoms with Crippen molar-refractivity contribution in [1.82, 2.24) is 5.32 Å². The molecule has 394 valence electrons. The summed E-state index contributed by atoms with van der Waals surface area (Å²) in [5.74, 6) is 2.08. The zero-order valence-corrected chi connectivity index (χ0v) is 46.3. The highest BCUT2D eigenvalue weighted by molar-refractivity contribution is 7.99. The Hall–Kier alpha value is -5.86. The van der Waals surface area contributed by atoms with E-state index >= 15 is 0 Å². The minimum Gasteiger partial charge on any atom is -0.493 e. The lowest BCUT2D eigenvalue weighted by atomic mass is 9.97. The summed E-state index contributed by atoms with van der Waals surface area (Å²) in [7, 11) is 4.85. The van der Waals surface area contributed by atoms with Crippen LogP contribution in [0.15, 0.2) is 96.0 Å². The van der Waals surface area contributed by atoms with Crippen molar-refractivity contribution in [2.24, 2.45) is 16.8 Å². The number of Topliss-reactive ketones (excluding diaryl/α,β-unsaturated/α-hetero) is 2. The number of methoxy groups -OCH3 is 3. The first-order valence-corrected chi connectivity index (χ1v) is 26.6. The van der Waals surface area contributed by atoms with Crippen LogP contribution in [-0.2, 0) is 35.5 Å². The van der Waals surface area contributed by atoms with Gasteiger partial charge in [-0.05, 0) is 136 Å². The van der Waals surface area contributed by atoms with Gasteiger partial charge in [0.2, 0.25) is 0 Å². The van der Waals surface area contributed by atoms with Crippen LogP contribution in [0.3, 0.4) is 0 Å². The third-order valence-corrected chi connectivity index (χ3v) is 14.0. The van der Waals surface area contributed by atoms with E-state index < -0.39 is 0 Å². The summed E-state index contributed by atoms with van der Waals surface area (Å²) in [6, 6.07) is 30.3. The Bertz CT molecular complexity index is 2600. The SMILES string of the molecule is COCCNCCOCCN(CC(C)(C)SC)c1cc(COc2cc(N=CC(C)Cc3ccccc3C)c(C(C)=O)cc2OC)cc(COc2cc(NC[C@@H](C)Cc3ccccc3C)c(C(C)=O)cc2OC)c1. The summed E-state index contributed by atoms with van der Waals surface area (Å²) in [6.07, 6.45) is 5.76. The minimum atomic E-state index is -0.122. The molecular formula is C60H80N4O8S. The zero-order valence-electron chi connectivity index (χ0n) is 45.4. The maximum atomic E-state index is 13.0. The summed E-state index contributed by atoms with van der Waals surface area (Å²) >= 11 is 1.81. The van der Waals surface area contributed by atoms with Gasteiger partial charge in [-0.2, -0.15) is 11.8 Å². The third-order valence-electron chi connectivity index (χ3n) is 12.8. The highest BCUT2D eigenvalue weighted by atomic mass is 32.2. The van der Waals surface area contributed by atoms with Crippen molar-refractivity contribution in [3.63, 3.8) is 0 Å². The first-order valence-electron chi connectivity index (χ1n) is 25.3. The van der Waals surface area contributed by atoms with E-state index in [1.807, 2.05) is 30.1 Å². The number of ketones is 2. The predicted molar refractivity (Wildman–Crippen MR) is 301 cm³/mol. The number of nitrogens with one attached hydrogen (secondary N) is 2. The van der Waals surface area contributed by atoms with E-state index in [1.54, 1.807) is 46.5 Å². The van der Waals surface area contributed by atoms with Crippen LogP contribution < -0.4 is 34.5 Å². The van der Waals surface area contributed by atoms with Crippen molar-refractivity contribution in [2.75, 3.05) is 90.3 Å². The number of nitrogens with zero attached hydrogens (tertiary/aromatic N) is 2. The van der Waals surface area contributed by atoms with Gasteiger partial charge in [0.1, 0.15) is 13.2 Å². The minimum absolute atomic E-state index is 0.0741. The summed E-state index contributed by atoms with van der Waals surface area (Å²) < 4.78 is 36.2. The second-order valence-corrected chi connectivity index (χ2v) is 21.0. The molecule has 0 saturated carbocycles. The Morgan fingerprint density at radius 2 is 1.30 bits per heavy atom. The first kappa shape index (κ1) is 58.0. The third kappa shape index (κ3) is 18.2. The fourth-order valence-corrected chi connectivity index (χ4v) is 8.74. The van der Waals surface area contributed by atoms with E-state index in [0.29, 0.717) is 84.3 Å². The van der Waals surface area contributed by atoms with Crippen LogP contribution in [0, 0.1) is 25.7 Å². The van der Waals surface area contributed by atoms with Crippen molar-refractivity contribution in [1.29, 1.82) is 0 Å². The smallest absolute Gasteiger partial charge is 0.163 e. The second kappa shape index (κ2) is 29.1. The maximum absolute atomic E-state index is 13.0. The summed E-state index contributed by atoms with van der Waals surface area (Å²) in [5, 5.41) is 6.92. The van der Waals surface area contributed by atoms with Crippen LogP contribution in [-0.4, -0.2) is 103 Å². The van der Waals surface area contributed by atoms with Crippen LogP contribution in [0.5, 0.6) is 23.0 Å². The first-order chi connectivity index (χ1) is 35.0. The van der Waals surface area contributed by atoms with Gasteiger partial charge >= 0.3 is 0 Å². The molecule has 13 heteroatoms. The van der Waals surface area contributed by atoms with Gasteiger partial charge in [-0.25, -0.2) is 0 Å². The molecule has 2 atom stereocenters. The molecule has 12 nitrogen and oxygen atoms in total. The van der Waals surface area contributed by atoms with Gasteiger partial charge < -0.3 is 44.0 Å². The highest BCUT2D eigenvalue weighted by Crippen LogP contribution is 2.38. The molecule has 0 bridgehead atoms. The molecule has 0 aliphatic rings. The molecule has 5 aromatic carbocycles. The molecule has 0 spiro atoms. The van der Waals surface area contributed by atoms with Crippen molar-refractivity contribution < 1.29 is 38.0 Å². The molecule has 0 radical (unpaired) electrons. The Kier molecular flexibility index (Phi) is 23.2. The molecule has 1 unspecified atom stereocenters. The van der Waals surface area contributed by atoms with Gasteiger partial charge in [-0.3, -0.25) is 14.6 Å². The number of aliphatic imine (C=N–C) groups is 1. The second-order valence-electron chi connectivity index (χ2n) is 19.5. The molecule has 0 saturated heterocycles. The quantitative estimate of drug-likeness (QED) is 0.0242. The average molecular weight is 1020 g/mol. The summed E-state index contributed by atoms with van der Waals surface area (Å²) in [4.78, 5) is 33.3. The number of carbonyl (C=O) groups is 2. The fourth-order valence-electron chi connectivity index (χ4n) is 8.46. The maximum Gasteiger partial charge on any atom is 0.163 e. The van der Waals surface area contributed by atoms with Crippen molar-refractivity contribution in [3.8, 4) is 23.0 Å². The van der Waals surface area contributed by atoms with Gasteiger partial charge in [0.25, 0.3) is 0 Å². The van der Waals surface area contributed by atoms with Gasteiger partial charge in [0, 0.05) is 85.4 Å². The molecule has 5 rings (SSSR count). The van der Waals surface area contributed by atoms with Gasteiger partial charge in [0.15, 0.2) is 34.6 Å². The number of hydrogen-bond donors (Lipinski definition) is 2. The van der Waals surface area contributed by atoms with Gasteiger partial charge in [-0.1, -0.05) is 62.4 Å². The Morgan fingerprint density at radius 1 is 0.726 bits per heavy atom. The number of benzene rings is 5. The lowest BCUT2D eigenvalue weighted by molar-refractivity contribution is 0.100. The predicted octanol–water partition coefficient (Wildman–Crippen LogP) is 12.0. The normalized spacial score (nSPS) is 12.4. The van der Waals surface area contributed by atoms with Crippen LogP contribution in [0.1, 0.15) is 95.6 Å². The molecule has 5 aromatic rings. The van der Waals surface area contributed by atoms with Crippen molar-refractivity contribution in [2.45, 2.75) is 86.2 Å². The molecule has 73 heavy (non-hydrogen) atoms. The van der Waals surface area contributed by atoms with Crippen molar-refractivity contribution in [3.05, 3.63) is 136 Å². The molecule has 0 fully saturated rings. The molecule has 0 aliphatic carbocycles.